The van der Waals surface area contributed by atoms with Crippen LogP contribution in [0.2, 0.25) is 0 Å². The molecule has 2 rings (SSSR count). The molecule has 0 aliphatic rings. The number of ether oxygens (including phenoxy) is 1. The lowest BCUT2D eigenvalue weighted by Crippen LogP contribution is -2.33. The average molecular weight is 234 g/mol. The fourth-order valence-corrected chi connectivity index (χ4v) is 1.96. The molecular weight excluding hydrogens is 216 g/mol. The molecule has 0 saturated heterocycles. The average Bonchev–Trinajstić information content (AvgIpc) is 2.73. The molecule has 1 atom stereocenters. The molecule has 0 saturated carbocycles. The molecule has 4 nitrogen and oxygen atoms in total. The van der Waals surface area contributed by atoms with E-state index in [9.17, 15) is 0 Å². The quantitative estimate of drug-likeness (QED) is 0.883. The second-order valence-electron chi connectivity index (χ2n) is 4.49. The molecule has 17 heavy (non-hydrogen) atoms. The summed E-state index contributed by atoms with van der Waals surface area (Å²) < 4.78 is 11.0. The Balaban J connectivity index is 2.51. The van der Waals surface area contributed by atoms with Gasteiger partial charge in [-0.1, -0.05) is 19.4 Å². The van der Waals surface area contributed by atoms with Crippen LogP contribution in [0.25, 0.3) is 11.1 Å². The largest absolute Gasteiger partial charge is 0.494 e. The molecule has 2 aromatic rings. The van der Waals surface area contributed by atoms with Crippen molar-refractivity contribution in [2.75, 3.05) is 7.11 Å². The van der Waals surface area contributed by atoms with Crippen LogP contribution in [0.3, 0.4) is 0 Å². The molecule has 1 unspecified atom stereocenters. The third kappa shape index (κ3) is 2.13. The topological polar surface area (TPSA) is 61.3 Å². The Labute approximate surface area is 101 Å². The predicted molar refractivity (Wildman–Crippen MR) is 67.0 cm³/mol. The summed E-state index contributed by atoms with van der Waals surface area (Å²) in [7, 11) is 1.62. The lowest BCUT2D eigenvalue weighted by molar-refractivity contribution is 0.342. The summed E-state index contributed by atoms with van der Waals surface area (Å²) in [6, 6.07) is 5.61. The van der Waals surface area contributed by atoms with E-state index in [2.05, 4.69) is 11.9 Å². The van der Waals surface area contributed by atoms with E-state index in [-0.39, 0.29) is 0 Å². The van der Waals surface area contributed by atoms with Crippen molar-refractivity contribution < 1.29 is 9.15 Å². The normalized spacial score (nSPS) is 14.8. The predicted octanol–water partition coefficient (Wildman–Crippen LogP) is 2.81. The Hall–Kier alpha value is -1.55. The minimum absolute atomic E-state index is 0.529. The zero-order chi connectivity index (χ0) is 12.5. The molecule has 0 aliphatic carbocycles. The van der Waals surface area contributed by atoms with Crippen LogP contribution >= 0.6 is 0 Å². The maximum Gasteiger partial charge on any atom is 0.215 e. The number of nitrogens with two attached hydrogens (primary N) is 1. The van der Waals surface area contributed by atoms with Crippen LogP contribution in [0.4, 0.5) is 0 Å². The maximum absolute atomic E-state index is 6.21. The highest BCUT2D eigenvalue weighted by Gasteiger charge is 2.27. The Morgan fingerprint density at radius 1 is 1.47 bits per heavy atom. The zero-order valence-corrected chi connectivity index (χ0v) is 10.5. The summed E-state index contributed by atoms with van der Waals surface area (Å²) in [5.74, 6) is 1.28. The number of para-hydroxylation sites is 1. The Kier molecular flexibility index (Phi) is 3.07. The number of methoxy groups -OCH3 is 1. The van der Waals surface area contributed by atoms with Gasteiger partial charge in [-0.15, -0.1) is 0 Å². The number of oxazole rings is 1. The van der Waals surface area contributed by atoms with Crippen molar-refractivity contribution in [3.63, 3.8) is 0 Å². The van der Waals surface area contributed by atoms with Gasteiger partial charge in [0.2, 0.25) is 5.89 Å². The Bertz CT molecular complexity index is 517. The van der Waals surface area contributed by atoms with E-state index in [4.69, 9.17) is 14.9 Å². The van der Waals surface area contributed by atoms with Crippen LogP contribution in [-0.4, -0.2) is 12.1 Å². The molecule has 4 heteroatoms. The molecule has 1 heterocycles. The fourth-order valence-electron chi connectivity index (χ4n) is 1.96. The molecule has 0 bridgehead atoms. The summed E-state index contributed by atoms with van der Waals surface area (Å²) in [5.41, 5.74) is 7.13. The van der Waals surface area contributed by atoms with Crippen molar-refractivity contribution in [3.05, 3.63) is 24.1 Å². The first-order chi connectivity index (χ1) is 8.08. The maximum atomic E-state index is 6.21. The van der Waals surface area contributed by atoms with Gasteiger partial charge in [-0.05, 0) is 25.5 Å². The van der Waals surface area contributed by atoms with Crippen molar-refractivity contribution in [1.29, 1.82) is 0 Å². The zero-order valence-electron chi connectivity index (χ0n) is 10.5. The van der Waals surface area contributed by atoms with Gasteiger partial charge in [0.05, 0.1) is 12.6 Å². The van der Waals surface area contributed by atoms with Gasteiger partial charge >= 0.3 is 0 Å². The van der Waals surface area contributed by atoms with Gasteiger partial charge in [-0.2, -0.15) is 0 Å². The van der Waals surface area contributed by atoms with E-state index in [1.807, 2.05) is 25.1 Å². The SMILES string of the molecule is CCCC(C)(N)c1nc2c(OC)cccc2o1. The molecule has 0 radical (unpaired) electrons. The highest BCUT2D eigenvalue weighted by molar-refractivity contribution is 5.79. The third-order valence-corrected chi connectivity index (χ3v) is 2.86. The first-order valence-electron chi connectivity index (χ1n) is 5.81. The number of benzene rings is 1. The summed E-state index contributed by atoms with van der Waals surface area (Å²) in [4.78, 5) is 4.46. The lowest BCUT2D eigenvalue weighted by atomic mass is 9.98. The van der Waals surface area contributed by atoms with E-state index >= 15 is 0 Å². The van der Waals surface area contributed by atoms with Crippen molar-refractivity contribution in [1.82, 2.24) is 4.98 Å². The number of aromatic nitrogens is 1. The minimum atomic E-state index is -0.529. The number of nitrogens with zero attached hydrogens (tertiary/aromatic N) is 1. The van der Waals surface area contributed by atoms with Gasteiger partial charge in [0.15, 0.2) is 11.1 Å². The second-order valence-corrected chi connectivity index (χ2v) is 4.49. The summed E-state index contributed by atoms with van der Waals surface area (Å²) in [6.45, 7) is 4.03. The van der Waals surface area contributed by atoms with Gasteiger partial charge in [0.25, 0.3) is 0 Å². The monoisotopic (exact) mass is 234 g/mol. The first-order valence-corrected chi connectivity index (χ1v) is 5.81. The van der Waals surface area contributed by atoms with Crippen molar-refractivity contribution >= 4 is 11.1 Å². The summed E-state index contributed by atoms with van der Waals surface area (Å²) in [5, 5.41) is 0. The van der Waals surface area contributed by atoms with Crippen LogP contribution in [-0.2, 0) is 5.54 Å². The molecule has 2 N–H and O–H groups in total. The molecule has 1 aromatic carbocycles. The summed E-state index contributed by atoms with van der Waals surface area (Å²) >= 11 is 0. The van der Waals surface area contributed by atoms with E-state index < -0.39 is 5.54 Å². The van der Waals surface area contributed by atoms with Gasteiger partial charge in [0.1, 0.15) is 5.75 Å². The van der Waals surface area contributed by atoms with Gasteiger partial charge < -0.3 is 14.9 Å². The van der Waals surface area contributed by atoms with E-state index in [1.54, 1.807) is 7.11 Å². The Morgan fingerprint density at radius 2 is 2.24 bits per heavy atom. The van der Waals surface area contributed by atoms with Gasteiger partial charge in [-0.3, -0.25) is 0 Å². The van der Waals surface area contributed by atoms with Crippen molar-refractivity contribution in [2.24, 2.45) is 5.73 Å². The van der Waals surface area contributed by atoms with E-state index in [0.29, 0.717) is 17.2 Å². The fraction of sp³-hybridized carbons (Fsp3) is 0.462. The van der Waals surface area contributed by atoms with Crippen molar-refractivity contribution in [2.45, 2.75) is 32.2 Å². The first kappa shape index (κ1) is 11.9. The minimum Gasteiger partial charge on any atom is -0.494 e. The summed E-state index contributed by atoms with van der Waals surface area (Å²) in [6.07, 6.45) is 1.82. The molecule has 1 aromatic heterocycles. The highest BCUT2D eigenvalue weighted by Crippen LogP contribution is 2.30. The van der Waals surface area contributed by atoms with Crippen LogP contribution in [0, 0.1) is 0 Å². The standard InChI is InChI=1S/C13H18N2O2/c1-4-8-13(2,14)12-15-11-9(16-3)6-5-7-10(11)17-12/h5-7H,4,8,14H2,1-3H3. The number of hydrogen-bond acceptors (Lipinski definition) is 4. The van der Waals surface area contributed by atoms with Crippen LogP contribution in [0.15, 0.2) is 22.6 Å². The molecule has 0 amide bonds. The number of rotatable bonds is 4. The van der Waals surface area contributed by atoms with E-state index in [1.165, 1.54) is 0 Å². The third-order valence-electron chi connectivity index (χ3n) is 2.86. The number of hydrogen-bond donors (Lipinski definition) is 1. The molecule has 0 fully saturated rings. The highest BCUT2D eigenvalue weighted by atomic mass is 16.5. The van der Waals surface area contributed by atoms with Crippen molar-refractivity contribution in [3.8, 4) is 5.75 Å². The van der Waals surface area contributed by atoms with Gasteiger partial charge in [0, 0.05) is 0 Å². The van der Waals surface area contributed by atoms with Gasteiger partial charge in [-0.25, -0.2) is 4.98 Å². The van der Waals surface area contributed by atoms with Crippen LogP contribution in [0.5, 0.6) is 5.75 Å². The number of fused-ring (bicyclic) bond motifs is 1. The van der Waals surface area contributed by atoms with Crippen LogP contribution in [0.1, 0.15) is 32.6 Å². The smallest absolute Gasteiger partial charge is 0.215 e. The Morgan fingerprint density at radius 3 is 2.88 bits per heavy atom. The molecule has 0 spiro atoms. The molecule has 92 valence electrons. The van der Waals surface area contributed by atoms with Crippen LogP contribution < -0.4 is 10.5 Å². The molecule has 0 aliphatic heterocycles. The van der Waals surface area contributed by atoms with E-state index in [0.717, 1.165) is 18.4 Å². The lowest BCUT2D eigenvalue weighted by Gasteiger charge is -2.19. The molecular formula is C13H18N2O2. The second kappa shape index (κ2) is 4.37.